The van der Waals surface area contributed by atoms with E-state index in [-0.39, 0.29) is 0 Å². The van der Waals surface area contributed by atoms with Gasteiger partial charge in [0.25, 0.3) is 0 Å². The SMILES string of the molecule is CCn1cc(CN2CCN(C(C)C)CC2)nc1-c1cccc2ccccc12. The number of aromatic nitrogens is 2. The van der Waals surface area contributed by atoms with Crippen LogP contribution in [0, 0.1) is 0 Å². The second-order valence-corrected chi connectivity index (χ2v) is 7.77. The number of rotatable bonds is 5. The first-order chi connectivity index (χ1) is 13.2. The summed E-state index contributed by atoms with van der Waals surface area (Å²) in [6.07, 6.45) is 2.24. The Kier molecular flexibility index (Phi) is 5.28. The average molecular weight is 363 g/mol. The summed E-state index contributed by atoms with van der Waals surface area (Å²) in [5.74, 6) is 1.09. The molecule has 142 valence electrons. The lowest BCUT2D eigenvalue weighted by Gasteiger charge is -2.36. The van der Waals surface area contributed by atoms with Gasteiger partial charge in [-0.1, -0.05) is 42.5 Å². The van der Waals surface area contributed by atoms with Crippen molar-refractivity contribution in [2.24, 2.45) is 0 Å². The number of nitrogens with zero attached hydrogens (tertiary/aromatic N) is 4. The molecule has 0 saturated carbocycles. The van der Waals surface area contributed by atoms with E-state index in [1.165, 1.54) is 22.0 Å². The highest BCUT2D eigenvalue weighted by molar-refractivity contribution is 5.95. The van der Waals surface area contributed by atoms with Crippen molar-refractivity contribution in [2.45, 2.75) is 39.9 Å². The van der Waals surface area contributed by atoms with Gasteiger partial charge in [0.1, 0.15) is 5.82 Å². The van der Waals surface area contributed by atoms with E-state index >= 15 is 0 Å². The summed E-state index contributed by atoms with van der Waals surface area (Å²) in [5.41, 5.74) is 2.41. The van der Waals surface area contributed by atoms with Crippen LogP contribution in [0.25, 0.3) is 22.2 Å². The molecule has 0 atom stereocenters. The summed E-state index contributed by atoms with van der Waals surface area (Å²) in [4.78, 5) is 10.2. The normalized spacial score (nSPS) is 16.4. The van der Waals surface area contributed by atoms with E-state index in [4.69, 9.17) is 4.98 Å². The van der Waals surface area contributed by atoms with Gasteiger partial charge >= 0.3 is 0 Å². The van der Waals surface area contributed by atoms with Gasteiger partial charge in [0.15, 0.2) is 0 Å². The minimum atomic E-state index is 0.643. The van der Waals surface area contributed by atoms with Crippen LogP contribution in [0.4, 0.5) is 0 Å². The van der Waals surface area contributed by atoms with Crippen LogP contribution in [-0.4, -0.2) is 51.6 Å². The molecule has 0 aliphatic carbocycles. The molecule has 1 fully saturated rings. The summed E-state index contributed by atoms with van der Waals surface area (Å²) in [5, 5.41) is 2.55. The quantitative estimate of drug-likeness (QED) is 0.678. The summed E-state index contributed by atoms with van der Waals surface area (Å²) < 4.78 is 2.29. The van der Waals surface area contributed by atoms with E-state index in [2.05, 4.69) is 83.8 Å². The summed E-state index contributed by atoms with van der Waals surface area (Å²) in [6.45, 7) is 13.2. The minimum absolute atomic E-state index is 0.643. The predicted octanol–water partition coefficient (Wildman–Crippen LogP) is 4.25. The number of aryl methyl sites for hydroxylation is 1. The van der Waals surface area contributed by atoms with Crippen molar-refractivity contribution in [3.63, 3.8) is 0 Å². The Labute approximate surface area is 162 Å². The zero-order valence-electron chi connectivity index (χ0n) is 16.7. The van der Waals surface area contributed by atoms with Gasteiger partial charge in [0.05, 0.1) is 5.69 Å². The molecule has 1 saturated heterocycles. The molecule has 1 aliphatic heterocycles. The molecule has 0 unspecified atom stereocenters. The zero-order chi connectivity index (χ0) is 18.8. The first kappa shape index (κ1) is 18.2. The van der Waals surface area contributed by atoms with Gasteiger partial charge in [-0.15, -0.1) is 0 Å². The second kappa shape index (κ2) is 7.83. The molecule has 4 rings (SSSR count). The molecule has 2 heterocycles. The summed E-state index contributed by atoms with van der Waals surface area (Å²) in [6, 6.07) is 15.7. The number of hydrogen-bond acceptors (Lipinski definition) is 3. The minimum Gasteiger partial charge on any atom is -0.331 e. The fourth-order valence-corrected chi connectivity index (χ4v) is 4.09. The van der Waals surface area contributed by atoms with E-state index in [1.54, 1.807) is 0 Å². The molecule has 0 bridgehead atoms. The van der Waals surface area contributed by atoms with Crippen molar-refractivity contribution in [1.29, 1.82) is 0 Å². The van der Waals surface area contributed by atoms with Gasteiger partial charge in [-0.25, -0.2) is 4.98 Å². The van der Waals surface area contributed by atoms with E-state index < -0.39 is 0 Å². The maximum atomic E-state index is 5.06. The highest BCUT2D eigenvalue weighted by atomic mass is 15.3. The van der Waals surface area contributed by atoms with Gasteiger partial charge in [-0.3, -0.25) is 9.80 Å². The van der Waals surface area contributed by atoms with Gasteiger partial charge in [-0.2, -0.15) is 0 Å². The molecule has 3 aromatic rings. The Morgan fingerprint density at radius 1 is 0.963 bits per heavy atom. The van der Waals surface area contributed by atoms with Crippen LogP contribution < -0.4 is 0 Å². The van der Waals surface area contributed by atoms with Crippen LogP contribution in [0.3, 0.4) is 0 Å². The Bertz CT molecular complexity index is 898. The summed E-state index contributed by atoms with van der Waals surface area (Å²) in [7, 11) is 0. The third kappa shape index (κ3) is 3.78. The van der Waals surface area contributed by atoms with Gasteiger partial charge in [-0.05, 0) is 31.5 Å². The Morgan fingerprint density at radius 2 is 1.70 bits per heavy atom. The molecule has 1 aliphatic rings. The highest BCUT2D eigenvalue weighted by Crippen LogP contribution is 2.28. The molecule has 27 heavy (non-hydrogen) atoms. The maximum Gasteiger partial charge on any atom is 0.140 e. The second-order valence-electron chi connectivity index (χ2n) is 7.77. The van der Waals surface area contributed by atoms with Gasteiger partial charge in [0.2, 0.25) is 0 Å². The lowest BCUT2D eigenvalue weighted by Crippen LogP contribution is -2.48. The van der Waals surface area contributed by atoms with Crippen molar-refractivity contribution in [2.75, 3.05) is 26.2 Å². The monoisotopic (exact) mass is 362 g/mol. The Balaban J connectivity index is 1.58. The average Bonchev–Trinajstić information content (AvgIpc) is 3.10. The van der Waals surface area contributed by atoms with E-state index in [0.717, 1.165) is 45.1 Å². The van der Waals surface area contributed by atoms with Crippen LogP contribution in [-0.2, 0) is 13.1 Å². The Morgan fingerprint density at radius 3 is 2.44 bits per heavy atom. The van der Waals surface area contributed by atoms with Crippen molar-refractivity contribution in [1.82, 2.24) is 19.4 Å². The standard InChI is InChI=1S/C23H30N4/c1-4-26-17-20(16-25-12-14-27(15-13-25)18(2)3)24-23(26)22-11-7-9-19-8-5-6-10-21(19)22/h5-11,17-18H,4,12-16H2,1-3H3. The molecule has 0 radical (unpaired) electrons. The van der Waals surface area contributed by atoms with Crippen LogP contribution in [0.5, 0.6) is 0 Å². The fraction of sp³-hybridized carbons (Fsp3) is 0.435. The fourth-order valence-electron chi connectivity index (χ4n) is 4.09. The van der Waals surface area contributed by atoms with E-state index in [0.29, 0.717) is 6.04 Å². The number of benzene rings is 2. The highest BCUT2D eigenvalue weighted by Gasteiger charge is 2.20. The first-order valence-electron chi connectivity index (χ1n) is 10.2. The van der Waals surface area contributed by atoms with Gasteiger partial charge in [0, 0.05) is 57.1 Å². The van der Waals surface area contributed by atoms with Crippen LogP contribution in [0.1, 0.15) is 26.5 Å². The smallest absolute Gasteiger partial charge is 0.140 e. The third-order valence-corrected chi connectivity index (χ3v) is 5.72. The number of hydrogen-bond donors (Lipinski definition) is 0. The Hall–Kier alpha value is -2.17. The predicted molar refractivity (Wildman–Crippen MR) is 113 cm³/mol. The van der Waals surface area contributed by atoms with Crippen molar-refractivity contribution in [3.8, 4) is 11.4 Å². The number of piperazine rings is 1. The van der Waals surface area contributed by atoms with Crippen LogP contribution in [0.15, 0.2) is 48.7 Å². The zero-order valence-corrected chi connectivity index (χ0v) is 16.7. The third-order valence-electron chi connectivity index (χ3n) is 5.72. The molecule has 2 aromatic carbocycles. The molecule has 0 spiro atoms. The van der Waals surface area contributed by atoms with Crippen LogP contribution in [0.2, 0.25) is 0 Å². The molecular formula is C23H30N4. The molecule has 0 N–H and O–H groups in total. The van der Waals surface area contributed by atoms with Crippen LogP contribution >= 0.6 is 0 Å². The van der Waals surface area contributed by atoms with E-state index in [1.807, 2.05) is 0 Å². The first-order valence-corrected chi connectivity index (χ1v) is 10.2. The lowest BCUT2D eigenvalue weighted by atomic mass is 10.0. The van der Waals surface area contributed by atoms with Crippen molar-refractivity contribution in [3.05, 3.63) is 54.4 Å². The summed E-state index contributed by atoms with van der Waals surface area (Å²) >= 11 is 0. The molecule has 0 amide bonds. The largest absolute Gasteiger partial charge is 0.331 e. The maximum absolute atomic E-state index is 5.06. The number of imidazole rings is 1. The molecular weight excluding hydrogens is 332 g/mol. The molecule has 1 aromatic heterocycles. The molecule has 4 heteroatoms. The topological polar surface area (TPSA) is 24.3 Å². The van der Waals surface area contributed by atoms with Crippen molar-refractivity contribution < 1.29 is 0 Å². The van der Waals surface area contributed by atoms with Gasteiger partial charge < -0.3 is 4.57 Å². The number of fused-ring (bicyclic) bond motifs is 1. The lowest BCUT2D eigenvalue weighted by molar-refractivity contribution is 0.103. The van der Waals surface area contributed by atoms with Crippen molar-refractivity contribution >= 4 is 10.8 Å². The molecule has 4 nitrogen and oxygen atoms in total. The van der Waals surface area contributed by atoms with E-state index in [9.17, 15) is 0 Å².